The molecule has 0 radical (unpaired) electrons. The average Bonchev–Trinajstić information content (AvgIpc) is 2.73. The predicted molar refractivity (Wildman–Crippen MR) is 112 cm³/mol. The van der Waals surface area contributed by atoms with Crippen LogP contribution >= 0.6 is 11.8 Å². The van der Waals surface area contributed by atoms with E-state index in [0.29, 0.717) is 11.3 Å². The average molecular weight is 432 g/mol. The lowest BCUT2D eigenvalue weighted by Gasteiger charge is -2.21. The summed E-state index contributed by atoms with van der Waals surface area (Å²) in [5, 5.41) is 12.3. The second-order valence-electron chi connectivity index (χ2n) is 6.27. The molecule has 156 valence electrons. The van der Waals surface area contributed by atoms with Crippen molar-refractivity contribution < 1.29 is 23.1 Å². The number of rotatable bonds is 5. The molecule has 3 rings (SSSR count). The largest absolute Gasteiger partial charge is 0.494 e. The molecule has 2 aromatic rings. The Kier molecular flexibility index (Phi) is 6.78. The maximum absolute atomic E-state index is 13.9. The molecular weight excluding hydrogens is 414 g/mol. The van der Waals surface area contributed by atoms with Crippen LogP contribution < -0.4 is 15.4 Å². The van der Waals surface area contributed by atoms with Crippen molar-refractivity contribution >= 4 is 40.1 Å². The highest BCUT2D eigenvalue weighted by atomic mass is 32.2. The summed E-state index contributed by atoms with van der Waals surface area (Å²) in [4.78, 5) is 24.4. The number of anilines is 1. The van der Waals surface area contributed by atoms with Crippen molar-refractivity contribution in [1.29, 1.82) is 0 Å². The van der Waals surface area contributed by atoms with Gasteiger partial charge >= 0.3 is 0 Å². The highest BCUT2D eigenvalue weighted by Crippen LogP contribution is 2.24. The van der Waals surface area contributed by atoms with Crippen molar-refractivity contribution in [2.75, 3.05) is 12.4 Å². The van der Waals surface area contributed by atoms with E-state index in [2.05, 4.69) is 20.8 Å². The molecule has 0 saturated carbocycles. The Hall–Kier alpha value is -3.27. The van der Waals surface area contributed by atoms with Gasteiger partial charge in [-0.3, -0.25) is 9.59 Å². The van der Waals surface area contributed by atoms with Crippen LogP contribution in [0, 0.1) is 11.6 Å². The van der Waals surface area contributed by atoms with Crippen LogP contribution in [-0.4, -0.2) is 35.1 Å². The third-order valence-electron chi connectivity index (χ3n) is 4.16. The Bertz CT molecular complexity index is 1040. The molecule has 1 atom stereocenters. The molecule has 1 aliphatic heterocycles. The standard InChI is InChI=1S/C20H18F2N4O3S/c1-11(12-7-8-16(29-2)14(22)9-12)25-26-20-24-18(27)10-17(30-20)19(28)23-15-6-4-3-5-13(15)21/h3-9,17H,10H2,1-2H3,(H,23,28)(H,24,26,27)/b25-11-/t17-/m1/s1. The van der Waals surface area contributed by atoms with E-state index in [1.165, 1.54) is 37.4 Å². The summed E-state index contributed by atoms with van der Waals surface area (Å²) in [6.07, 6.45) is -0.0869. The molecule has 7 nitrogen and oxygen atoms in total. The van der Waals surface area contributed by atoms with Gasteiger partial charge in [-0.2, -0.15) is 5.10 Å². The highest BCUT2D eigenvalue weighted by Gasteiger charge is 2.30. The lowest BCUT2D eigenvalue weighted by Crippen LogP contribution is -2.42. The Morgan fingerprint density at radius 3 is 2.70 bits per heavy atom. The second-order valence-corrected chi connectivity index (χ2v) is 7.46. The first kappa shape index (κ1) is 21.4. The van der Waals surface area contributed by atoms with Gasteiger partial charge in [0.05, 0.1) is 18.5 Å². The second kappa shape index (κ2) is 9.49. The fourth-order valence-electron chi connectivity index (χ4n) is 2.58. The molecular formula is C20H18F2N4O3S. The number of para-hydroxylation sites is 1. The first-order valence-corrected chi connectivity index (χ1v) is 9.73. The SMILES string of the molecule is COc1ccc(/C(C)=N\N=C2\NC(=O)C[C@H](C(=O)Nc3ccccc3F)S2)cc1F. The minimum Gasteiger partial charge on any atom is -0.494 e. The molecule has 10 heteroatoms. The predicted octanol–water partition coefficient (Wildman–Crippen LogP) is 3.31. The molecule has 1 heterocycles. The summed E-state index contributed by atoms with van der Waals surface area (Å²) >= 11 is 0.997. The number of ether oxygens (including phenoxy) is 1. The number of halogens is 2. The van der Waals surface area contributed by atoms with E-state index < -0.39 is 28.7 Å². The third kappa shape index (κ3) is 5.20. The van der Waals surface area contributed by atoms with Gasteiger partial charge in [0.1, 0.15) is 11.1 Å². The number of hydrogen-bond acceptors (Lipinski definition) is 6. The number of amidine groups is 1. The van der Waals surface area contributed by atoms with Crippen molar-refractivity contribution in [3.8, 4) is 5.75 Å². The van der Waals surface area contributed by atoms with Crippen molar-refractivity contribution in [1.82, 2.24) is 5.32 Å². The van der Waals surface area contributed by atoms with E-state index >= 15 is 0 Å². The van der Waals surface area contributed by atoms with Gasteiger partial charge in [-0.05, 0) is 37.3 Å². The number of amides is 2. The normalized spacial score (nSPS) is 18.1. The maximum atomic E-state index is 13.9. The minimum atomic E-state index is -0.800. The van der Waals surface area contributed by atoms with Gasteiger partial charge in [-0.15, -0.1) is 5.10 Å². The van der Waals surface area contributed by atoms with Crippen molar-refractivity contribution in [2.45, 2.75) is 18.6 Å². The molecule has 1 aliphatic rings. The molecule has 1 fully saturated rings. The van der Waals surface area contributed by atoms with Crippen LogP contribution in [0.25, 0.3) is 0 Å². The van der Waals surface area contributed by atoms with Gasteiger partial charge in [0.2, 0.25) is 11.8 Å². The quantitative estimate of drug-likeness (QED) is 0.560. The van der Waals surface area contributed by atoms with E-state index in [1.54, 1.807) is 19.1 Å². The van der Waals surface area contributed by atoms with Crippen LogP contribution in [0.15, 0.2) is 52.7 Å². The summed E-state index contributed by atoms with van der Waals surface area (Å²) in [5.41, 5.74) is 0.915. The first-order chi connectivity index (χ1) is 14.4. The van der Waals surface area contributed by atoms with Crippen LogP contribution in [0.5, 0.6) is 5.75 Å². The van der Waals surface area contributed by atoms with Crippen LogP contribution in [0.1, 0.15) is 18.9 Å². The number of hydrogen-bond donors (Lipinski definition) is 2. The number of nitrogens with zero attached hydrogens (tertiary/aromatic N) is 2. The molecule has 2 N–H and O–H groups in total. The van der Waals surface area contributed by atoms with E-state index in [-0.39, 0.29) is 23.0 Å². The van der Waals surface area contributed by atoms with Gasteiger partial charge in [-0.1, -0.05) is 23.9 Å². The maximum Gasteiger partial charge on any atom is 0.238 e. The number of carbonyl (C=O) groups is 2. The fraction of sp³-hybridized carbons (Fsp3) is 0.200. The van der Waals surface area contributed by atoms with Crippen molar-refractivity contribution in [2.24, 2.45) is 10.2 Å². The van der Waals surface area contributed by atoms with Gasteiger partial charge in [0.15, 0.2) is 16.7 Å². The topological polar surface area (TPSA) is 92.2 Å². The molecule has 0 aliphatic carbocycles. The summed E-state index contributed by atoms with van der Waals surface area (Å²) in [7, 11) is 1.37. The lowest BCUT2D eigenvalue weighted by atomic mass is 10.1. The summed E-state index contributed by atoms with van der Waals surface area (Å²) < 4.78 is 32.5. The van der Waals surface area contributed by atoms with Crippen LogP contribution in [-0.2, 0) is 9.59 Å². The molecule has 2 aromatic carbocycles. The van der Waals surface area contributed by atoms with E-state index in [4.69, 9.17) is 4.74 Å². The zero-order valence-corrected chi connectivity index (χ0v) is 16.9. The Morgan fingerprint density at radius 2 is 2.00 bits per heavy atom. The monoisotopic (exact) mass is 432 g/mol. The number of methoxy groups -OCH3 is 1. The van der Waals surface area contributed by atoms with E-state index in [9.17, 15) is 18.4 Å². The number of benzene rings is 2. The molecule has 0 bridgehead atoms. The Labute approximate surface area is 175 Å². The van der Waals surface area contributed by atoms with Gasteiger partial charge < -0.3 is 15.4 Å². The zero-order valence-electron chi connectivity index (χ0n) is 16.1. The van der Waals surface area contributed by atoms with Gasteiger partial charge in [0, 0.05) is 12.0 Å². The lowest BCUT2D eigenvalue weighted by molar-refractivity contribution is -0.123. The van der Waals surface area contributed by atoms with Crippen LogP contribution in [0.2, 0.25) is 0 Å². The van der Waals surface area contributed by atoms with E-state index in [0.717, 1.165) is 11.8 Å². The minimum absolute atomic E-state index is 0.0305. The van der Waals surface area contributed by atoms with Crippen LogP contribution in [0.4, 0.5) is 14.5 Å². The Balaban J connectivity index is 1.72. The van der Waals surface area contributed by atoms with Crippen LogP contribution in [0.3, 0.4) is 0 Å². The number of nitrogens with one attached hydrogen (secondary N) is 2. The fourth-order valence-corrected chi connectivity index (χ4v) is 3.52. The number of carbonyl (C=O) groups excluding carboxylic acids is 2. The van der Waals surface area contributed by atoms with Gasteiger partial charge in [-0.25, -0.2) is 8.78 Å². The smallest absolute Gasteiger partial charge is 0.238 e. The summed E-state index contributed by atoms with van der Waals surface area (Å²) in [6, 6.07) is 10.1. The third-order valence-corrected chi connectivity index (χ3v) is 5.23. The number of thioether (sulfide) groups is 1. The van der Waals surface area contributed by atoms with Gasteiger partial charge in [0.25, 0.3) is 0 Å². The van der Waals surface area contributed by atoms with Crippen molar-refractivity contribution in [3.05, 3.63) is 59.7 Å². The molecule has 1 saturated heterocycles. The zero-order chi connectivity index (χ0) is 21.7. The Morgan fingerprint density at radius 1 is 1.23 bits per heavy atom. The molecule has 0 unspecified atom stereocenters. The highest BCUT2D eigenvalue weighted by molar-refractivity contribution is 8.15. The summed E-state index contributed by atoms with van der Waals surface area (Å²) in [5.74, 6) is -1.94. The molecule has 0 spiro atoms. The molecule has 2 amide bonds. The molecule has 30 heavy (non-hydrogen) atoms. The first-order valence-electron chi connectivity index (χ1n) is 8.85. The summed E-state index contributed by atoms with van der Waals surface area (Å²) in [6.45, 7) is 1.63. The van der Waals surface area contributed by atoms with E-state index in [1.807, 2.05) is 0 Å². The molecule has 0 aromatic heterocycles. The van der Waals surface area contributed by atoms with Crippen molar-refractivity contribution in [3.63, 3.8) is 0 Å².